The summed E-state index contributed by atoms with van der Waals surface area (Å²) in [6.45, 7) is 8.47. The highest BCUT2D eigenvalue weighted by molar-refractivity contribution is 6.00. The molecule has 0 aromatic carbocycles. The number of quaternary nitrogens is 2. The van der Waals surface area contributed by atoms with Gasteiger partial charge in [-0.3, -0.25) is 62.9 Å². The number of likely N-dealkylation sites (tertiary alicyclic amines) is 3. The molecule has 3 heterocycles. The predicted molar refractivity (Wildman–Crippen MR) is 318 cm³/mol. The number of nitrogens with one attached hydrogen (secondary N) is 9. The lowest BCUT2D eigenvalue weighted by Gasteiger charge is -2.34. The molecule has 0 spiro atoms. The van der Waals surface area contributed by atoms with Crippen LogP contribution in [0.15, 0.2) is 0 Å². The fourth-order valence-electron chi connectivity index (χ4n) is 10.9. The minimum absolute atomic E-state index is 0.0225. The zero-order valence-corrected chi connectivity index (χ0v) is 52.5. The molecule has 3 rings (SSSR count). The number of hydrogen-bond donors (Lipinski definition) is 18. The summed E-state index contributed by atoms with van der Waals surface area (Å²) < 4.78 is 0. The van der Waals surface area contributed by atoms with E-state index in [1.54, 1.807) is 34.6 Å². The molecule has 0 aromatic rings. The molecule has 3 saturated heterocycles. The zero-order valence-electron chi connectivity index (χ0n) is 52.5. The minimum Gasteiger partial charge on any atom is -0.481 e. The van der Waals surface area contributed by atoms with Gasteiger partial charge in [-0.05, 0) is 109 Å². The molecule has 0 unspecified atom stereocenters. The normalized spacial score (nSPS) is 20.2. The molecule has 3 aliphatic rings. The molecule has 3 fully saturated rings. The number of hydrogen-bond acceptors (Lipinski definition) is 19. The zero-order chi connectivity index (χ0) is 67.7. The van der Waals surface area contributed by atoms with E-state index in [2.05, 4.69) is 59.3 Å². The van der Waals surface area contributed by atoms with Crippen molar-refractivity contribution >= 4 is 76.9 Å². The number of aliphatic hydroxyl groups excluding tert-OH is 3. The van der Waals surface area contributed by atoms with Crippen LogP contribution >= 0.6 is 0 Å². The third-order valence-corrected chi connectivity index (χ3v) is 16.0. The van der Waals surface area contributed by atoms with Crippen LogP contribution in [0.5, 0.6) is 0 Å². The van der Waals surface area contributed by atoms with Crippen LogP contribution < -0.4 is 70.8 Å². The maximum atomic E-state index is 14.5. The molecule has 3 aliphatic heterocycles. The van der Waals surface area contributed by atoms with E-state index < -0.39 is 187 Å². The predicted octanol–water partition coefficient (Wildman–Crippen LogP) is -8.53. The molecule has 24 N–H and O–H groups in total. The second-order valence-electron chi connectivity index (χ2n) is 23.8. The van der Waals surface area contributed by atoms with Gasteiger partial charge in [-0.25, -0.2) is 4.79 Å². The average molecular weight is 1290 g/mol. The standard InChI is InChI=1S/C56H98N16O18/c1-7-29(4)42(68-46(80)37(27-74)67-49(83)38-16-11-21-70(38)52(86)30(5)58)50(84)64-34(25-41(76)77)45(79)62-32(15-10-20-61-56(59)60)44(78)66-36(26-73)47(81)69-43(31(6)75)51(85)63-33(14-8-9-19-57)53(87)72-23-13-18-40(72)54(88)71-22-12-17-39(71)48(82)65-35(55(89)90)24-28(2)3/h28-40,42-43,56,61,73-75H,7-27,57-60H2,1-6H3,(H,62,79)(H,63,85)(H,64,84)(H,65,82)(H,66,78)(H,67,83)(H,68,80)(H,69,81)(H,76,77)(H,89,90)/p+2/t29-,30-,31+,32-,33-,34-,35-,36-,37-,38-,39-,40-,42-,43-/m0/s1. The topological polar surface area (TPSA) is 548 Å². The second kappa shape index (κ2) is 37.8. The average Bonchev–Trinajstić information content (AvgIpc) is 2.52. The summed E-state index contributed by atoms with van der Waals surface area (Å²) in [6, 6.07) is -16.7. The molecule has 0 aliphatic carbocycles. The lowest BCUT2D eigenvalue weighted by Crippen LogP contribution is -2.67. The maximum absolute atomic E-state index is 14.5. The van der Waals surface area contributed by atoms with E-state index in [1.165, 1.54) is 14.7 Å². The molecule has 11 amide bonds. The highest BCUT2D eigenvalue weighted by Crippen LogP contribution is 2.27. The minimum atomic E-state index is -1.95. The number of nitrogens with zero attached hydrogens (tertiary/aromatic N) is 3. The second-order valence-corrected chi connectivity index (χ2v) is 23.8. The van der Waals surface area contributed by atoms with Crippen LogP contribution in [0.1, 0.15) is 131 Å². The van der Waals surface area contributed by atoms with Crippen LogP contribution in [0, 0.1) is 11.8 Å². The fraction of sp³-hybridized carbons (Fsp3) is 0.768. The Labute approximate surface area is 522 Å². The summed E-state index contributed by atoms with van der Waals surface area (Å²) in [4.78, 5) is 180. The third-order valence-electron chi connectivity index (χ3n) is 16.0. The Hall–Kier alpha value is -7.21. The summed E-state index contributed by atoms with van der Waals surface area (Å²) >= 11 is 0. The van der Waals surface area contributed by atoms with Gasteiger partial charge in [0.15, 0.2) is 6.04 Å². The first-order chi connectivity index (χ1) is 42.4. The van der Waals surface area contributed by atoms with Gasteiger partial charge in [0.25, 0.3) is 5.91 Å². The molecule has 510 valence electrons. The van der Waals surface area contributed by atoms with Crippen LogP contribution in [0.3, 0.4) is 0 Å². The molecule has 0 aromatic heterocycles. The van der Waals surface area contributed by atoms with Crippen molar-refractivity contribution in [3.63, 3.8) is 0 Å². The van der Waals surface area contributed by atoms with Crippen molar-refractivity contribution in [2.24, 2.45) is 23.3 Å². The van der Waals surface area contributed by atoms with E-state index >= 15 is 0 Å². The van der Waals surface area contributed by atoms with Gasteiger partial charge in [-0.1, -0.05) is 34.1 Å². The number of nitrogens with two attached hydrogens (primary N) is 2. The van der Waals surface area contributed by atoms with Crippen LogP contribution in [-0.4, -0.2) is 248 Å². The Morgan fingerprint density at radius 2 is 1.00 bits per heavy atom. The van der Waals surface area contributed by atoms with Crippen molar-refractivity contribution in [3.8, 4) is 0 Å². The quantitative estimate of drug-likeness (QED) is 0.0202. The van der Waals surface area contributed by atoms with E-state index in [1.807, 2.05) is 0 Å². The van der Waals surface area contributed by atoms with Gasteiger partial charge >= 0.3 is 11.9 Å². The molecule has 90 heavy (non-hydrogen) atoms. The number of carbonyl (C=O) groups is 13. The van der Waals surface area contributed by atoms with E-state index in [9.17, 15) is 87.9 Å². The third kappa shape index (κ3) is 23.2. The molecule has 34 heteroatoms. The number of unbranched alkanes of at least 4 members (excludes halogenated alkanes) is 1. The van der Waals surface area contributed by atoms with Gasteiger partial charge in [-0.2, -0.15) is 0 Å². The summed E-state index contributed by atoms with van der Waals surface area (Å²) in [5.41, 5.74) is 18.8. The summed E-state index contributed by atoms with van der Waals surface area (Å²) in [6.07, 6.45) is -0.712. The highest BCUT2D eigenvalue weighted by Gasteiger charge is 2.45. The molecule has 0 bridgehead atoms. The van der Waals surface area contributed by atoms with Crippen molar-refractivity contribution in [2.75, 3.05) is 45.9 Å². The lowest BCUT2D eigenvalue weighted by molar-refractivity contribution is -0.400. The molecule has 14 atom stereocenters. The van der Waals surface area contributed by atoms with Gasteiger partial charge in [0.05, 0.1) is 32.3 Å². The van der Waals surface area contributed by atoms with E-state index in [4.69, 9.17) is 11.5 Å². The molecule has 0 saturated carbocycles. The first-order valence-electron chi connectivity index (χ1n) is 31.0. The Bertz CT molecular complexity index is 2490. The van der Waals surface area contributed by atoms with Crippen molar-refractivity contribution in [3.05, 3.63) is 0 Å². The molecule has 0 radical (unpaired) electrons. The first kappa shape index (κ1) is 77.0. The fourth-order valence-corrected chi connectivity index (χ4v) is 10.9. The number of aliphatic hydroxyl groups is 3. The van der Waals surface area contributed by atoms with E-state index in [0.29, 0.717) is 38.6 Å². The number of carbonyl (C=O) groups excluding carboxylic acids is 11. The van der Waals surface area contributed by atoms with Gasteiger partial charge in [-0.15, -0.1) is 0 Å². The number of aliphatic carboxylic acids is 2. The number of amides is 11. The molecule has 34 nitrogen and oxygen atoms in total. The lowest BCUT2D eigenvalue weighted by atomic mass is 9.97. The highest BCUT2D eigenvalue weighted by atomic mass is 16.4. The van der Waals surface area contributed by atoms with Crippen LogP contribution in [0.4, 0.5) is 0 Å². The van der Waals surface area contributed by atoms with Gasteiger partial charge in [0.1, 0.15) is 72.7 Å². The smallest absolute Gasteiger partial charge is 0.326 e. The summed E-state index contributed by atoms with van der Waals surface area (Å²) in [5.74, 6) is -13.4. The van der Waals surface area contributed by atoms with E-state index in [0.717, 1.165) is 6.92 Å². The Balaban J connectivity index is 1.82. The van der Waals surface area contributed by atoms with Crippen molar-refractivity contribution in [2.45, 2.75) is 216 Å². The summed E-state index contributed by atoms with van der Waals surface area (Å²) in [7, 11) is 0. The Kier molecular flexibility index (Phi) is 32.4. The number of carboxylic acid groups (broad SMARTS) is 2. The Morgan fingerprint density at radius 3 is 1.51 bits per heavy atom. The van der Waals surface area contributed by atoms with Crippen molar-refractivity contribution in [1.82, 2.24) is 62.6 Å². The van der Waals surface area contributed by atoms with Crippen LogP contribution in [-0.2, 0) is 62.3 Å². The Morgan fingerprint density at radius 1 is 0.544 bits per heavy atom. The molecular weight excluding hydrogens is 1180 g/mol. The number of carboxylic acids is 2. The first-order valence-corrected chi connectivity index (χ1v) is 31.0. The van der Waals surface area contributed by atoms with Gasteiger partial charge < -0.3 is 106 Å². The van der Waals surface area contributed by atoms with Crippen LogP contribution in [0.2, 0.25) is 0 Å². The van der Waals surface area contributed by atoms with Gasteiger partial charge in [0.2, 0.25) is 59.1 Å². The largest absolute Gasteiger partial charge is 0.481 e. The van der Waals surface area contributed by atoms with Gasteiger partial charge in [0, 0.05) is 19.6 Å². The van der Waals surface area contributed by atoms with Crippen molar-refractivity contribution < 1.29 is 99.3 Å². The molecular formula is C56H100N16O18+2. The monoisotopic (exact) mass is 1280 g/mol. The van der Waals surface area contributed by atoms with E-state index in [-0.39, 0.29) is 83.5 Å². The SMILES string of the molecule is CC[C@H](C)[C@H](NC(=O)[C@H](CO)NC(=O)[C@@H]1CCCN1C(=O)[C@H](C)[NH3+])C(=O)N[C@@H](CC(=O)O)C(=O)N[C@@H](CCCNC(N)N)C(=O)N[C@@H](CO)C(=O)N[C@H](C(=O)N[C@@H](CCCC[NH3+])C(=O)N1CCC[C@H]1C(=O)N1CCC[C@H]1C(=O)N[C@@H](CC(C)C)C(=O)O)[C@@H](C)O. The van der Waals surface area contributed by atoms with Crippen molar-refractivity contribution in [1.29, 1.82) is 0 Å². The number of rotatable bonds is 38. The summed E-state index contributed by atoms with van der Waals surface area (Å²) in [5, 5.41) is 73.2. The maximum Gasteiger partial charge on any atom is 0.326 e. The van der Waals surface area contributed by atoms with Crippen LogP contribution in [0.25, 0.3) is 0 Å².